The molecule has 2 rings (SSSR count). The molecule has 21 heavy (non-hydrogen) atoms. The van der Waals surface area contributed by atoms with Gasteiger partial charge in [0.15, 0.2) is 17.6 Å². The van der Waals surface area contributed by atoms with E-state index in [1.165, 1.54) is 19.2 Å². The molecule has 0 radical (unpaired) electrons. The Morgan fingerprint density at radius 1 is 1.48 bits per heavy atom. The number of nitriles is 1. The molecule has 0 amide bonds. The van der Waals surface area contributed by atoms with Gasteiger partial charge in [-0.1, -0.05) is 0 Å². The van der Waals surface area contributed by atoms with E-state index in [9.17, 15) is 8.78 Å². The first-order chi connectivity index (χ1) is 9.89. The smallest absolute Gasteiger partial charge is 0.296 e. The van der Waals surface area contributed by atoms with Gasteiger partial charge in [-0.2, -0.15) is 5.26 Å². The first-order valence-electron chi connectivity index (χ1n) is 6.48. The highest BCUT2D eigenvalue weighted by Crippen LogP contribution is 2.38. The normalized spacial score (nSPS) is 21.6. The summed E-state index contributed by atoms with van der Waals surface area (Å²) in [4.78, 5) is 1.54. The van der Waals surface area contributed by atoms with Crippen LogP contribution in [0.2, 0.25) is 0 Å². The van der Waals surface area contributed by atoms with Crippen molar-refractivity contribution in [2.24, 2.45) is 0 Å². The molecule has 114 valence electrons. The number of likely N-dealkylation sites (tertiary alicyclic amines) is 1. The summed E-state index contributed by atoms with van der Waals surface area (Å²) in [5.74, 6) is -2.81. The highest BCUT2D eigenvalue weighted by atomic mass is 19.3. The van der Waals surface area contributed by atoms with Crippen LogP contribution in [0.3, 0.4) is 0 Å². The second-order valence-electron chi connectivity index (χ2n) is 5.07. The van der Waals surface area contributed by atoms with Gasteiger partial charge in [0.1, 0.15) is 11.6 Å². The number of nitrogens with two attached hydrogens (primary N) is 1. The Labute approximate surface area is 121 Å². The van der Waals surface area contributed by atoms with Crippen molar-refractivity contribution in [2.45, 2.75) is 18.4 Å². The summed E-state index contributed by atoms with van der Waals surface area (Å²) in [6.45, 7) is 0.108. The number of methoxy groups -OCH3 is 1. The topological polar surface area (TPSA) is 71.5 Å². The monoisotopic (exact) mass is 297 g/mol. The lowest BCUT2D eigenvalue weighted by Gasteiger charge is -2.36. The summed E-state index contributed by atoms with van der Waals surface area (Å²) in [5, 5.41) is 9.16. The summed E-state index contributed by atoms with van der Waals surface area (Å²) < 4.78 is 38.6. The molecule has 1 atom stereocenters. The van der Waals surface area contributed by atoms with Crippen molar-refractivity contribution in [3.05, 3.63) is 17.7 Å². The Morgan fingerprint density at radius 3 is 2.76 bits per heavy atom. The molecule has 0 aliphatic carbocycles. The zero-order valence-corrected chi connectivity index (χ0v) is 11.9. The Bertz CT molecular complexity index is 572. The number of piperidine rings is 1. The number of ether oxygens (including phenoxy) is 2. The predicted octanol–water partition coefficient (Wildman–Crippen LogP) is 1.87. The average molecular weight is 297 g/mol. The molecule has 0 bridgehead atoms. The van der Waals surface area contributed by atoms with Gasteiger partial charge in [0, 0.05) is 13.0 Å². The van der Waals surface area contributed by atoms with Crippen LogP contribution in [0.15, 0.2) is 12.1 Å². The fraction of sp³-hybridized carbons (Fsp3) is 0.500. The van der Waals surface area contributed by atoms with Crippen LogP contribution in [-0.4, -0.2) is 44.2 Å². The maximum Gasteiger partial charge on any atom is 0.296 e. The first-order valence-corrected chi connectivity index (χ1v) is 6.48. The number of anilines is 1. The van der Waals surface area contributed by atoms with E-state index in [1.54, 1.807) is 11.9 Å². The van der Waals surface area contributed by atoms with Crippen LogP contribution in [0.25, 0.3) is 0 Å². The van der Waals surface area contributed by atoms with Crippen molar-refractivity contribution in [1.29, 1.82) is 5.26 Å². The zero-order valence-electron chi connectivity index (χ0n) is 11.9. The summed E-state index contributed by atoms with van der Waals surface area (Å²) in [5.41, 5.74) is 5.89. The van der Waals surface area contributed by atoms with E-state index >= 15 is 0 Å². The molecule has 0 spiro atoms. The molecule has 1 aromatic rings. The van der Waals surface area contributed by atoms with Gasteiger partial charge in [0.05, 0.1) is 19.3 Å². The number of alkyl halides is 2. The molecule has 1 saturated heterocycles. The molecule has 1 heterocycles. The number of hydrogen-bond donors (Lipinski definition) is 1. The molecular weight excluding hydrogens is 280 g/mol. The lowest BCUT2D eigenvalue weighted by Crippen LogP contribution is -2.52. The van der Waals surface area contributed by atoms with E-state index in [-0.39, 0.29) is 35.7 Å². The minimum absolute atomic E-state index is 0.0177. The highest BCUT2D eigenvalue weighted by molar-refractivity contribution is 5.66. The molecule has 1 aliphatic rings. The van der Waals surface area contributed by atoms with Gasteiger partial charge in [-0.25, -0.2) is 8.78 Å². The van der Waals surface area contributed by atoms with Crippen LogP contribution in [0.1, 0.15) is 12.0 Å². The van der Waals surface area contributed by atoms with Crippen molar-refractivity contribution < 1.29 is 18.3 Å². The first kappa shape index (κ1) is 15.3. The van der Waals surface area contributed by atoms with Crippen LogP contribution < -0.4 is 15.2 Å². The van der Waals surface area contributed by atoms with Crippen LogP contribution in [0.4, 0.5) is 14.5 Å². The SMILES string of the molecule is COc1ccc(N)c(C#N)c1OC1CCN(C)CC1(F)F. The van der Waals surface area contributed by atoms with E-state index in [1.807, 2.05) is 6.07 Å². The molecule has 1 fully saturated rings. The number of rotatable bonds is 3. The fourth-order valence-corrected chi connectivity index (χ4v) is 2.35. The molecule has 2 N–H and O–H groups in total. The molecular formula is C14H17F2N3O2. The van der Waals surface area contributed by atoms with Crippen molar-refractivity contribution in [2.75, 3.05) is 33.0 Å². The van der Waals surface area contributed by atoms with E-state index < -0.39 is 12.0 Å². The van der Waals surface area contributed by atoms with Crippen molar-refractivity contribution in [3.63, 3.8) is 0 Å². The zero-order chi connectivity index (χ0) is 15.6. The molecule has 5 nitrogen and oxygen atoms in total. The lowest BCUT2D eigenvalue weighted by atomic mass is 10.0. The van der Waals surface area contributed by atoms with E-state index in [2.05, 4.69) is 0 Å². The van der Waals surface area contributed by atoms with Gasteiger partial charge >= 0.3 is 0 Å². The van der Waals surface area contributed by atoms with E-state index in [4.69, 9.17) is 20.5 Å². The predicted molar refractivity (Wildman–Crippen MR) is 73.6 cm³/mol. The summed E-state index contributed by atoms with van der Waals surface area (Å²) >= 11 is 0. The summed E-state index contributed by atoms with van der Waals surface area (Å²) in [6.07, 6.45) is -1.15. The maximum absolute atomic E-state index is 14.1. The molecule has 0 aromatic heterocycles. The van der Waals surface area contributed by atoms with Crippen LogP contribution in [-0.2, 0) is 0 Å². The third-order valence-electron chi connectivity index (χ3n) is 3.47. The van der Waals surface area contributed by atoms with Crippen molar-refractivity contribution in [3.8, 4) is 17.6 Å². The van der Waals surface area contributed by atoms with Crippen molar-refractivity contribution >= 4 is 5.69 Å². The van der Waals surface area contributed by atoms with Crippen molar-refractivity contribution in [1.82, 2.24) is 4.90 Å². The molecule has 1 aromatic carbocycles. The summed E-state index contributed by atoms with van der Waals surface area (Å²) in [6, 6.07) is 4.86. The van der Waals surface area contributed by atoms with Gasteiger partial charge < -0.3 is 20.1 Å². The van der Waals surface area contributed by atoms with Crippen LogP contribution in [0.5, 0.6) is 11.5 Å². The van der Waals surface area contributed by atoms with Gasteiger partial charge in [-0.05, 0) is 19.2 Å². The fourth-order valence-electron chi connectivity index (χ4n) is 2.35. The molecule has 1 unspecified atom stereocenters. The number of nitrogens with zero attached hydrogens (tertiary/aromatic N) is 2. The Kier molecular flexibility index (Phi) is 4.19. The Morgan fingerprint density at radius 2 is 2.19 bits per heavy atom. The summed E-state index contributed by atoms with van der Waals surface area (Å²) in [7, 11) is 3.01. The lowest BCUT2D eigenvalue weighted by molar-refractivity contribution is -0.135. The van der Waals surface area contributed by atoms with Gasteiger partial charge in [0.25, 0.3) is 5.92 Å². The molecule has 1 aliphatic heterocycles. The second kappa shape index (κ2) is 5.74. The van der Waals surface area contributed by atoms with Gasteiger partial charge in [-0.3, -0.25) is 0 Å². The quantitative estimate of drug-likeness (QED) is 0.862. The second-order valence-corrected chi connectivity index (χ2v) is 5.07. The molecule has 0 saturated carbocycles. The number of benzene rings is 1. The minimum atomic E-state index is -3.00. The Balaban J connectivity index is 2.35. The number of halogens is 2. The van der Waals surface area contributed by atoms with Crippen LogP contribution >= 0.6 is 0 Å². The standard InChI is InChI=1S/C14H17F2N3O2/c1-19-6-5-12(14(15,16)8-19)21-13-9(7-17)10(18)3-4-11(13)20-2/h3-4,12H,5-6,8,18H2,1-2H3. The number of hydrogen-bond acceptors (Lipinski definition) is 5. The third-order valence-corrected chi connectivity index (χ3v) is 3.47. The van der Waals surface area contributed by atoms with Gasteiger partial charge in [-0.15, -0.1) is 0 Å². The van der Waals surface area contributed by atoms with Crippen LogP contribution in [0, 0.1) is 11.3 Å². The average Bonchev–Trinajstić information content (AvgIpc) is 2.41. The number of nitrogen functional groups attached to an aromatic ring is 1. The Hall–Kier alpha value is -2.07. The highest BCUT2D eigenvalue weighted by Gasteiger charge is 2.46. The van der Waals surface area contributed by atoms with E-state index in [0.717, 1.165) is 0 Å². The van der Waals surface area contributed by atoms with E-state index in [0.29, 0.717) is 6.54 Å². The minimum Gasteiger partial charge on any atom is -0.493 e. The van der Waals surface area contributed by atoms with Gasteiger partial charge in [0.2, 0.25) is 0 Å². The third kappa shape index (κ3) is 3.00. The maximum atomic E-state index is 14.1. The largest absolute Gasteiger partial charge is 0.493 e. The molecule has 7 heteroatoms.